The van der Waals surface area contributed by atoms with Crippen LogP contribution >= 0.6 is 11.8 Å². The summed E-state index contributed by atoms with van der Waals surface area (Å²) in [6, 6.07) is 23.9. The molecule has 3 aromatic carbocycles. The SMILES string of the molecule is O=C(O)/C=C/C(=O)Nc1cccc(S[C@H]2CC(=O)N(c3ccc(/C=C/c4ccccc4)cc3)C2=O)c1. The first-order valence-corrected chi connectivity index (χ1v) is 12.0. The number of thioether (sulfide) groups is 1. The second kappa shape index (κ2) is 11.3. The summed E-state index contributed by atoms with van der Waals surface area (Å²) in [6.07, 6.45) is 5.69. The highest BCUT2D eigenvalue weighted by Crippen LogP contribution is 2.35. The number of carboxylic acids is 1. The van der Waals surface area contributed by atoms with E-state index in [0.29, 0.717) is 16.3 Å². The minimum Gasteiger partial charge on any atom is -0.478 e. The third-order valence-electron chi connectivity index (χ3n) is 5.28. The Labute approximate surface area is 212 Å². The number of nitrogens with zero attached hydrogens (tertiary/aromatic N) is 1. The van der Waals surface area contributed by atoms with E-state index < -0.39 is 17.1 Å². The van der Waals surface area contributed by atoms with Gasteiger partial charge in [0, 0.05) is 29.2 Å². The van der Waals surface area contributed by atoms with Crippen molar-refractivity contribution in [2.75, 3.05) is 10.2 Å². The number of hydrogen-bond acceptors (Lipinski definition) is 5. The smallest absolute Gasteiger partial charge is 0.328 e. The zero-order valence-corrected chi connectivity index (χ0v) is 19.9. The van der Waals surface area contributed by atoms with Gasteiger partial charge in [0.05, 0.1) is 10.9 Å². The lowest BCUT2D eigenvalue weighted by Gasteiger charge is -2.15. The van der Waals surface area contributed by atoms with Gasteiger partial charge in [-0.2, -0.15) is 0 Å². The Morgan fingerprint density at radius 3 is 2.28 bits per heavy atom. The molecule has 1 aliphatic rings. The molecule has 4 rings (SSSR count). The molecule has 1 atom stereocenters. The van der Waals surface area contributed by atoms with Gasteiger partial charge < -0.3 is 10.4 Å². The van der Waals surface area contributed by atoms with Crippen molar-refractivity contribution in [3.63, 3.8) is 0 Å². The minimum absolute atomic E-state index is 0.0666. The Bertz CT molecular complexity index is 1350. The fourth-order valence-corrected chi connectivity index (χ4v) is 4.71. The van der Waals surface area contributed by atoms with Crippen LogP contribution in [0, 0.1) is 0 Å². The van der Waals surface area contributed by atoms with Crippen LogP contribution in [0.25, 0.3) is 12.2 Å². The van der Waals surface area contributed by atoms with E-state index in [2.05, 4.69) is 5.32 Å². The molecule has 7 nitrogen and oxygen atoms in total. The largest absolute Gasteiger partial charge is 0.478 e. The molecule has 0 aromatic heterocycles. The maximum absolute atomic E-state index is 13.1. The van der Waals surface area contributed by atoms with Gasteiger partial charge in [0.25, 0.3) is 0 Å². The first kappa shape index (κ1) is 24.7. The van der Waals surface area contributed by atoms with Crippen LogP contribution in [0.2, 0.25) is 0 Å². The van der Waals surface area contributed by atoms with E-state index in [1.54, 1.807) is 36.4 Å². The Kier molecular flexibility index (Phi) is 7.77. The monoisotopic (exact) mass is 498 g/mol. The predicted molar refractivity (Wildman–Crippen MR) is 140 cm³/mol. The van der Waals surface area contributed by atoms with Crippen molar-refractivity contribution in [3.05, 3.63) is 102 Å². The van der Waals surface area contributed by atoms with E-state index in [4.69, 9.17) is 5.11 Å². The number of anilines is 2. The number of benzene rings is 3. The van der Waals surface area contributed by atoms with Crippen molar-refractivity contribution < 1.29 is 24.3 Å². The van der Waals surface area contributed by atoms with E-state index in [1.807, 2.05) is 54.6 Å². The molecule has 3 amide bonds. The first-order valence-electron chi connectivity index (χ1n) is 11.1. The van der Waals surface area contributed by atoms with Gasteiger partial charge in [-0.1, -0.05) is 60.7 Å². The molecule has 1 fully saturated rings. The van der Waals surface area contributed by atoms with Gasteiger partial charge in [-0.3, -0.25) is 14.4 Å². The molecule has 0 radical (unpaired) electrons. The minimum atomic E-state index is -1.22. The van der Waals surface area contributed by atoms with Gasteiger partial charge in [0.2, 0.25) is 17.7 Å². The summed E-state index contributed by atoms with van der Waals surface area (Å²) in [4.78, 5) is 50.0. The summed E-state index contributed by atoms with van der Waals surface area (Å²) in [5, 5.41) is 10.6. The number of amides is 3. The van der Waals surface area contributed by atoms with Crippen molar-refractivity contribution in [3.8, 4) is 0 Å². The standard InChI is InChI=1S/C28H22N2O5S/c31-25(15-16-27(33)34)29-21-7-4-8-23(17-21)36-24-18-26(32)30(28(24)35)22-13-11-20(12-14-22)10-9-19-5-2-1-3-6-19/h1-17,24H,18H2,(H,29,31)(H,33,34)/b10-9+,16-15+/t24-/m0/s1. The topological polar surface area (TPSA) is 104 Å². The Balaban J connectivity index is 1.41. The Morgan fingerprint density at radius 2 is 1.58 bits per heavy atom. The van der Waals surface area contributed by atoms with Gasteiger partial charge in [-0.05, 0) is 41.5 Å². The second-order valence-electron chi connectivity index (χ2n) is 7.90. The van der Waals surface area contributed by atoms with Crippen molar-refractivity contribution in [2.45, 2.75) is 16.6 Å². The molecule has 8 heteroatoms. The van der Waals surface area contributed by atoms with E-state index in [-0.39, 0.29) is 18.2 Å². The zero-order chi connectivity index (χ0) is 25.5. The number of rotatable bonds is 8. The Morgan fingerprint density at radius 1 is 0.889 bits per heavy atom. The predicted octanol–water partition coefficient (Wildman–Crippen LogP) is 4.86. The average Bonchev–Trinajstić information content (AvgIpc) is 3.15. The molecule has 0 aliphatic carbocycles. The summed E-state index contributed by atoms with van der Waals surface area (Å²) in [5.74, 6) is -2.37. The second-order valence-corrected chi connectivity index (χ2v) is 9.18. The molecular weight excluding hydrogens is 476 g/mol. The highest BCUT2D eigenvalue weighted by Gasteiger charge is 2.40. The molecule has 1 aliphatic heterocycles. The maximum atomic E-state index is 13.1. The van der Waals surface area contributed by atoms with Crippen LogP contribution in [0.1, 0.15) is 17.5 Å². The molecule has 1 heterocycles. The number of imide groups is 1. The molecule has 0 bridgehead atoms. The molecule has 2 N–H and O–H groups in total. The summed E-state index contributed by atoms with van der Waals surface area (Å²) >= 11 is 1.24. The molecule has 0 spiro atoms. The number of carbonyl (C=O) groups excluding carboxylic acids is 3. The normalized spacial score (nSPS) is 15.7. The molecule has 36 heavy (non-hydrogen) atoms. The third kappa shape index (κ3) is 6.37. The number of carbonyl (C=O) groups is 4. The first-order chi connectivity index (χ1) is 17.4. The highest BCUT2D eigenvalue weighted by molar-refractivity contribution is 8.00. The van der Waals surface area contributed by atoms with Crippen LogP contribution in [-0.2, 0) is 19.2 Å². The van der Waals surface area contributed by atoms with Gasteiger partial charge >= 0.3 is 5.97 Å². The number of nitrogens with one attached hydrogen (secondary N) is 1. The lowest BCUT2D eigenvalue weighted by atomic mass is 10.1. The van der Waals surface area contributed by atoms with Crippen LogP contribution in [0.3, 0.4) is 0 Å². The lowest BCUT2D eigenvalue weighted by molar-refractivity contribution is -0.131. The van der Waals surface area contributed by atoms with Crippen molar-refractivity contribution in [1.29, 1.82) is 0 Å². The van der Waals surface area contributed by atoms with Gasteiger partial charge in [-0.25, -0.2) is 9.69 Å². The number of aliphatic carboxylic acids is 1. The lowest BCUT2D eigenvalue weighted by Crippen LogP contribution is -2.31. The molecule has 0 unspecified atom stereocenters. The quantitative estimate of drug-likeness (QED) is 0.261. The Hall–Kier alpha value is -4.43. The molecule has 180 valence electrons. The summed E-state index contributed by atoms with van der Waals surface area (Å²) in [7, 11) is 0. The number of carboxylic acid groups (broad SMARTS) is 1. The van der Waals surface area contributed by atoms with Gasteiger partial charge in [-0.15, -0.1) is 11.8 Å². The summed E-state index contributed by atoms with van der Waals surface area (Å²) in [5.41, 5.74) is 3.00. The van der Waals surface area contributed by atoms with Gasteiger partial charge in [0.15, 0.2) is 0 Å². The van der Waals surface area contributed by atoms with Crippen LogP contribution in [0.15, 0.2) is 95.9 Å². The molecule has 3 aromatic rings. The average molecular weight is 499 g/mol. The highest BCUT2D eigenvalue weighted by atomic mass is 32.2. The van der Waals surface area contributed by atoms with Crippen molar-refractivity contribution in [2.24, 2.45) is 0 Å². The summed E-state index contributed by atoms with van der Waals surface area (Å²) in [6.45, 7) is 0. The van der Waals surface area contributed by atoms with Crippen LogP contribution in [0.5, 0.6) is 0 Å². The number of hydrogen-bond donors (Lipinski definition) is 2. The summed E-state index contributed by atoms with van der Waals surface area (Å²) < 4.78 is 0. The van der Waals surface area contributed by atoms with Gasteiger partial charge in [0.1, 0.15) is 0 Å². The third-order valence-corrected chi connectivity index (χ3v) is 6.46. The van der Waals surface area contributed by atoms with Crippen LogP contribution in [-0.4, -0.2) is 34.0 Å². The molecular formula is C28H22N2O5S. The van der Waals surface area contributed by atoms with Crippen molar-refractivity contribution >= 4 is 59.0 Å². The maximum Gasteiger partial charge on any atom is 0.328 e. The van der Waals surface area contributed by atoms with Crippen LogP contribution in [0.4, 0.5) is 11.4 Å². The fourth-order valence-electron chi connectivity index (χ4n) is 3.60. The molecule has 1 saturated heterocycles. The van der Waals surface area contributed by atoms with E-state index >= 15 is 0 Å². The zero-order valence-electron chi connectivity index (χ0n) is 19.0. The van der Waals surface area contributed by atoms with Crippen molar-refractivity contribution in [1.82, 2.24) is 0 Å². The van der Waals surface area contributed by atoms with E-state index in [1.165, 1.54) is 16.7 Å². The fraction of sp³-hybridized carbons (Fsp3) is 0.0714. The van der Waals surface area contributed by atoms with E-state index in [0.717, 1.165) is 23.3 Å². The van der Waals surface area contributed by atoms with Crippen LogP contribution < -0.4 is 10.2 Å². The molecule has 0 saturated carbocycles. The van der Waals surface area contributed by atoms with E-state index in [9.17, 15) is 19.2 Å².